The minimum Gasteiger partial charge on any atom is -0.381 e. The van der Waals surface area contributed by atoms with Crippen LogP contribution in [0.4, 0.5) is 13.2 Å². The second-order valence-electron chi connectivity index (χ2n) is 7.02. The van der Waals surface area contributed by atoms with E-state index in [1.54, 1.807) is 0 Å². The highest BCUT2D eigenvalue weighted by Crippen LogP contribution is 2.38. The van der Waals surface area contributed by atoms with Gasteiger partial charge in [0.05, 0.1) is 12.2 Å². The third kappa shape index (κ3) is 4.95. The SMILES string of the molecule is CCNC(=NCC#Cc1ccc(C(F)(F)F)cc1)N1CCC2(CCOC2)C1. The summed E-state index contributed by atoms with van der Waals surface area (Å²) in [6, 6.07) is 4.86. The Morgan fingerprint density at radius 3 is 2.70 bits per heavy atom. The molecule has 0 aromatic heterocycles. The average Bonchev–Trinajstić information content (AvgIpc) is 3.27. The highest BCUT2D eigenvalue weighted by molar-refractivity contribution is 5.80. The van der Waals surface area contributed by atoms with Crippen molar-refractivity contribution in [2.75, 3.05) is 39.4 Å². The maximum Gasteiger partial charge on any atom is 0.416 e. The second-order valence-corrected chi connectivity index (χ2v) is 7.02. The first-order valence-electron chi connectivity index (χ1n) is 9.19. The fourth-order valence-corrected chi connectivity index (χ4v) is 3.51. The van der Waals surface area contributed by atoms with Crippen molar-refractivity contribution in [3.8, 4) is 11.8 Å². The third-order valence-corrected chi connectivity index (χ3v) is 5.01. The lowest BCUT2D eigenvalue weighted by atomic mass is 9.87. The summed E-state index contributed by atoms with van der Waals surface area (Å²) < 4.78 is 43.3. The summed E-state index contributed by atoms with van der Waals surface area (Å²) in [6.07, 6.45) is -2.13. The highest BCUT2D eigenvalue weighted by atomic mass is 19.4. The number of hydrogen-bond acceptors (Lipinski definition) is 2. The lowest BCUT2D eigenvalue weighted by Gasteiger charge is -2.24. The summed E-state index contributed by atoms with van der Waals surface area (Å²) in [5, 5.41) is 3.30. The van der Waals surface area contributed by atoms with Crippen molar-refractivity contribution in [3.05, 3.63) is 35.4 Å². The van der Waals surface area contributed by atoms with Crippen molar-refractivity contribution in [3.63, 3.8) is 0 Å². The van der Waals surface area contributed by atoms with Crippen molar-refractivity contribution in [1.29, 1.82) is 0 Å². The minimum atomic E-state index is -4.32. The number of nitrogens with one attached hydrogen (secondary N) is 1. The van der Waals surface area contributed by atoms with Gasteiger partial charge >= 0.3 is 6.18 Å². The van der Waals surface area contributed by atoms with Gasteiger partial charge in [-0.1, -0.05) is 11.8 Å². The predicted octanol–water partition coefficient (Wildman–Crippen LogP) is 3.13. The third-order valence-electron chi connectivity index (χ3n) is 5.01. The number of ether oxygens (including phenoxy) is 1. The van der Waals surface area contributed by atoms with E-state index in [9.17, 15) is 13.2 Å². The molecule has 1 spiro atoms. The van der Waals surface area contributed by atoms with E-state index in [4.69, 9.17) is 4.74 Å². The molecule has 1 aromatic carbocycles. The Morgan fingerprint density at radius 2 is 2.07 bits per heavy atom. The van der Waals surface area contributed by atoms with Crippen LogP contribution in [0.1, 0.15) is 30.9 Å². The van der Waals surface area contributed by atoms with Gasteiger partial charge in [0.15, 0.2) is 5.96 Å². The Bertz CT molecular complexity index is 726. The molecule has 0 radical (unpaired) electrons. The van der Waals surface area contributed by atoms with Gasteiger partial charge in [0, 0.05) is 37.2 Å². The number of benzene rings is 1. The molecule has 2 fully saturated rings. The summed E-state index contributed by atoms with van der Waals surface area (Å²) in [7, 11) is 0. The van der Waals surface area contributed by atoms with Crippen LogP contribution in [0.2, 0.25) is 0 Å². The molecule has 4 nitrogen and oxygen atoms in total. The Hall–Kier alpha value is -2.20. The normalized spacial score (nSPS) is 22.8. The van der Waals surface area contributed by atoms with Gasteiger partial charge in [-0.05, 0) is 44.0 Å². The van der Waals surface area contributed by atoms with E-state index in [0.29, 0.717) is 12.1 Å². The number of likely N-dealkylation sites (tertiary alicyclic amines) is 1. The second kappa shape index (κ2) is 8.22. The van der Waals surface area contributed by atoms with E-state index >= 15 is 0 Å². The number of halogens is 3. The molecule has 1 unspecified atom stereocenters. The Morgan fingerprint density at radius 1 is 1.30 bits per heavy atom. The molecule has 1 aromatic rings. The van der Waals surface area contributed by atoms with Crippen LogP contribution < -0.4 is 5.32 Å². The fourth-order valence-electron chi connectivity index (χ4n) is 3.51. The van der Waals surface area contributed by atoms with Crippen molar-refractivity contribution in [2.24, 2.45) is 10.4 Å². The van der Waals surface area contributed by atoms with Crippen LogP contribution in [-0.2, 0) is 10.9 Å². The molecule has 2 aliphatic rings. The standard InChI is InChI=1S/C20H24F3N3O/c1-2-24-18(26-12-9-19(14-26)10-13-27-15-19)25-11-3-4-16-5-7-17(8-6-16)20(21,22)23/h5-8H,2,9-15H2,1H3,(H,24,25). The molecule has 27 heavy (non-hydrogen) atoms. The molecular formula is C20H24F3N3O. The molecule has 0 saturated carbocycles. The molecule has 2 saturated heterocycles. The molecule has 7 heteroatoms. The first-order valence-corrected chi connectivity index (χ1v) is 9.19. The van der Waals surface area contributed by atoms with Gasteiger partial charge in [0.25, 0.3) is 0 Å². The molecule has 2 aliphatic heterocycles. The van der Waals surface area contributed by atoms with Gasteiger partial charge in [-0.3, -0.25) is 0 Å². The highest BCUT2D eigenvalue weighted by Gasteiger charge is 2.42. The van der Waals surface area contributed by atoms with Gasteiger partial charge in [0.1, 0.15) is 6.54 Å². The summed E-state index contributed by atoms with van der Waals surface area (Å²) >= 11 is 0. The summed E-state index contributed by atoms with van der Waals surface area (Å²) in [5.41, 5.74) is 0.132. The molecule has 146 valence electrons. The summed E-state index contributed by atoms with van der Waals surface area (Å²) in [5.74, 6) is 6.63. The number of guanidine groups is 1. The maximum atomic E-state index is 12.6. The van der Waals surface area contributed by atoms with Crippen LogP contribution in [-0.4, -0.2) is 50.3 Å². The first kappa shape index (κ1) is 19.6. The van der Waals surface area contributed by atoms with Crippen LogP contribution >= 0.6 is 0 Å². The molecule has 0 bridgehead atoms. The van der Waals surface area contributed by atoms with Crippen LogP contribution in [0.25, 0.3) is 0 Å². The van der Waals surface area contributed by atoms with Crippen molar-refractivity contribution in [2.45, 2.75) is 25.9 Å². The number of nitrogens with zero attached hydrogens (tertiary/aromatic N) is 2. The molecular weight excluding hydrogens is 355 g/mol. The van der Waals surface area contributed by atoms with Crippen LogP contribution in [0.5, 0.6) is 0 Å². The van der Waals surface area contributed by atoms with Gasteiger partial charge in [-0.15, -0.1) is 0 Å². The molecule has 0 aliphatic carbocycles. The maximum absolute atomic E-state index is 12.6. The summed E-state index contributed by atoms with van der Waals surface area (Å²) in [6.45, 7) is 6.62. The van der Waals surface area contributed by atoms with Crippen LogP contribution in [0, 0.1) is 17.3 Å². The molecule has 0 amide bonds. The number of hydrogen-bond donors (Lipinski definition) is 1. The topological polar surface area (TPSA) is 36.9 Å². The number of aliphatic imine (C=N–C) groups is 1. The van der Waals surface area contributed by atoms with E-state index in [-0.39, 0.29) is 5.41 Å². The van der Waals surface area contributed by atoms with Gasteiger partial charge in [0.2, 0.25) is 0 Å². The zero-order valence-electron chi connectivity index (χ0n) is 15.4. The lowest BCUT2D eigenvalue weighted by molar-refractivity contribution is -0.137. The van der Waals surface area contributed by atoms with Crippen molar-refractivity contribution < 1.29 is 17.9 Å². The van der Waals surface area contributed by atoms with E-state index in [0.717, 1.165) is 63.8 Å². The van der Waals surface area contributed by atoms with Gasteiger partial charge in [-0.25, -0.2) is 4.99 Å². The zero-order chi connectivity index (χ0) is 19.3. The van der Waals surface area contributed by atoms with Crippen LogP contribution in [0.3, 0.4) is 0 Å². The largest absolute Gasteiger partial charge is 0.416 e. The molecule has 2 heterocycles. The van der Waals surface area contributed by atoms with Crippen molar-refractivity contribution >= 4 is 5.96 Å². The van der Waals surface area contributed by atoms with E-state index in [2.05, 4.69) is 27.0 Å². The quantitative estimate of drug-likeness (QED) is 0.487. The van der Waals surface area contributed by atoms with E-state index in [1.807, 2.05) is 6.92 Å². The molecule has 1 atom stereocenters. The lowest BCUT2D eigenvalue weighted by Crippen LogP contribution is -2.41. The molecule has 1 N–H and O–H groups in total. The monoisotopic (exact) mass is 379 g/mol. The Labute approximate surface area is 157 Å². The smallest absolute Gasteiger partial charge is 0.381 e. The molecule has 3 rings (SSSR count). The first-order chi connectivity index (χ1) is 12.9. The van der Waals surface area contributed by atoms with Crippen molar-refractivity contribution in [1.82, 2.24) is 10.2 Å². The Balaban J connectivity index is 1.60. The van der Waals surface area contributed by atoms with Gasteiger partial charge < -0.3 is 15.0 Å². The van der Waals surface area contributed by atoms with E-state index in [1.165, 1.54) is 12.1 Å². The number of alkyl halides is 3. The minimum absolute atomic E-state index is 0.252. The van der Waals surface area contributed by atoms with Gasteiger partial charge in [-0.2, -0.15) is 13.2 Å². The van der Waals surface area contributed by atoms with E-state index < -0.39 is 11.7 Å². The predicted molar refractivity (Wildman–Crippen MR) is 98.4 cm³/mol. The summed E-state index contributed by atoms with van der Waals surface area (Å²) in [4.78, 5) is 6.81. The number of rotatable bonds is 2. The fraction of sp³-hybridized carbons (Fsp3) is 0.550. The Kier molecular flexibility index (Phi) is 5.95. The zero-order valence-corrected chi connectivity index (χ0v) is 15.4. The average molecular weight is 379 g/mol. The van der Waals surface area contributed by atoms with Crippen LogP contribution in [0.15, 0.2) is 29.3 Å².